The molecule has 88 valence electrons. The number of carbonyl (C=O) groups excluding carboxylic acids is 1. The fourth-order valence-electron chi connectivity index (χ4n) is 1.39. The Hall–Kier alpha value is -1.07. The van der Waals surface area contributed by atoms with E-state index in [9.17, 15) is 13.6 Å². The van der Waals surface area contributed by atoms with Crippen LogP contribution in [0.4, 0.5) is 8.78 Å². The van der Waals surface area contributed by atoms with E-state index >= 15 is 0 Å². The molecule has 1 aromatic carbocycles. The van der Waals surface area contributed by atoms with Crippen LogP contribution in [0.1, 0.15) is 15.2 Å². The van der Waals surface area contributed by atoms with E-state index in [4.69, 9.17) is 0 Å². The minimum absolute atomic E-state index is 0.0565. The van der Waals surface area contributed by atoms with Crippen molar-refractivity contribution in [2.45, 2.75) is 6.42 Å². The number of ketones is 1. The number of hydrogen-bond acceptors (Lipinski definition) is 2. The van der Waals surface area contributed by atoms with Gasteiger partial charge in [0.15, 0.2) is 5.78 Å². The fourth-order valence-corrected chi connectivity index (χ4v) is 2.71. The molecular weight excluding hydrogens is 310 g/mol. The van der Waals surface area contributed by atoms with E-state index in [-0.39, 0.29) is 17.8 Å². The zero-order valence-electron chi connectivity index (χ0n) is 8.54. The largest absolute Gasteiger partial charge is 0.293 e. The number of carbonyl (C=O) groups is 1. The third-order valence-corrected chi connectivity index (χ3v) is 3.88. The van der Waals surface area contributed by atoms with Crippen LogP contribution in [0.15, 0.2) is 34.1 Å². The van der Waals surface area contributed by atoms with Crippen molar-refractivity contribution in [2.75, 3.05) is 0 Å². The number of rotatable bonds is 3. The van der Waals surface area contributed by atoms with E-state index in [2.05, 4.69) is 15.9 Å². The summed E-state index contributed by atoms with van der Waals surface area (Å²) in [7, 11) is 0. The molecule has 2 rings (SSSR count). The maximum Gasteiger partial charge on any atom is 0.177 e. The van der Waals surface area contributed by atoms with Crippen molar-refractivity contribution in [3.63, 3.8) is 0 Å². The number of Topliss-reactive ketones (excluding diaryl/α,β-unsaturated/α-hetero) is 1. The third-order valence-electron chi connectivity index (χ3n) is 2.21. The van der Waals surface area contributed by atoms with Gasteiger partial charge in [-0.1, -0.05) is 6.07 Å². The van der Waals surface area contributed by atoms with Gasteiger partial charge in [-0.3, -0.25) is 4.79 Å². The molecule has 0 aliphatic heterocycles. The SMILES string of the molecule is O=C(Cc1ccc(F)cc1F)c1ccc(Br)s1. The van der Waals surface area contributed by atoms with Crippen molar-refractivity contribution in [3.05, 3.63) is 56.2 Å². The van der Waals surface area contributed by atoms with Gasteiger partial charge >= 0.3 is 0 Å². The van der Waals surface area contributed by atoms with Gasteiger partial charge in [0, 0.05) is 12.5 Å². The Kier molecular flexibility index (Phi) is 3.69. The van der Waals surface area contributed by atoms with E-state index < -0.39 is 11.6 Å². The Labute approximate surface area is 109 Å². The summed E-state index contributed by atoms with van der Waals surface area (Å²) in [5.41, 5.74) is 0.209. The highest BCUT2D eigenvalue weighted by Crippen LogP contribution is 2.23. The Morgan fingerprint density at radius 2 is 2.00 bits per heavy atom. The van der Waals surface area contributed by atoms with Crippen molar-refractivity contribution in [1.29, 1.82) is 0 Å². The van der Waals surface area contributed by atoms with Crippen molar-refractivity contribution < 1.29 is 13.6 Å². The molecule has 0 saturated heterocycles. The highest BCUT2D eigenvalue weighted by Gasteiger charge is 2.12. The number of benzene rings is 1. The lowest BCUT2D eigenvalue weighted by Crippen LogP contribution is -2.03. The van der Waals surface area contributed by atoms with Crippen LogP contribution in [0.3, 0.4) is 0 Å². The first-order valence-corrected chi connectivity index (χ1v) is 6.39. The second-order valence-corrected chi connectivity index (χ2v) is 5.90. The van der Waals surface area contributed by atoms with Crippen LogP contribution in [-0.4, -0.2) is 5.78 Å². The monoisotopic (exact) mass is 316 g/mol. The first-order chi connectivity index (χ1) is 8.06. The topological polar surface area (TPSA) is 17.1 Å². The van der Waals surface area contributed by atoms with Crippen LogP contribution in [0.25, 0.3) is 0 Å². The van der Waals surface area contributed by atoms with Gasteiger partial charge in [0.1, 0.15) is 11.6 Å². The van der Waals surface area contributed by atoms with E-state index in [1.54, 1.807) is 12.1 Å². The molecule has 0 fully saturated rings. The maximum atomic E-state index is 13.3. The first kappa shape index (κ1) is 12.4. The molecule has 17 heavy (non-hydrogen) atoms. The molecule has 0 atom stereocenters. The molecule has 2 aromatic rings. The van der Waals surface area contributed by atoms with Gasteiger partial charge in [-0.15, -0.1) is 11.3 Å². The molecule has 0 spiro atoms. The molecule has 1 nitrogen and oxygen atoms in total. The molecule has 1 aromatic heterocycles. The third kappa shape index (κ3) is 2.98. The second-order valence-electron chi connectivity index (χ2n) is 3.44. The van der Waals surface area contributed by atoms with E-state index in [0.29, 0.717) is 4.88 Å². The molecule has 0 radical (unpaired) electrons. The van der Waals surface area contributed by atoms with Gasteiger partial charge in [-0.25, -0.2) is 8.78 Å². The minimum Gasteiger partial charge on any atom is -0.293 e. The van der Waals surface area contributed by atoms with Crippen LogP contribution in [0.5, 0.6) is 0 Å². The Balaban J connectivity index is 2.18. The van der Waals surface area contributed by atoms with E-state index in [1.807, 2.05) is 0 Å². The van der Waals surface area contributed by atoms with Crippen LogP contribution in [-0.2, 0) is 6.42 Å². The Morgan fingerprint density at radius 3 is 2.59 bits per heavy atom. The number of thiophene rings is 1. The van der Waals surface area contributed by atoms with Gasteiger partial charge in [-0.2, -0.15) is 0 Å². The quantitative estimate of drug-likeness (QED) is 0.775. The van der Waals surface area contributed by atoms with E-state index in [1.165, 1.54) is 17.4 Å². The van der Waals surface area contributed by atoms with Gasteiger partial charge in [0.25, 0.3) is 0 Å². The molecule has 5 heteroatoms. The van der Waals surface area contributed by atoms with Gasteiger partial charge in [-0.05, 0) is 39.7 Å². The summed E-state index contributed by atoms with van der Waals surface area (Å²) in [6, 6.07) is 6.67. The van der Waals surface area contributed by atoms with Crippen molar-refractivity contribution in [2.24, 2.45) is 0 Å². The molecule has 1 heterocycles. The van der Waals surface area contributed by atoms with Crippen molar-refractivity contribution in [3.8, 4) is 0 Å². The van der Waals surface area contributed by atoms with Crippen molar-refractivity contribution >= 4 is 33.0 Å². The lowest BCUT2D eigenvalue weighted by molar-refractivity contribution is 0.0995. The summed E-state index contributed by atoms with van der Waals surface area (Å²) >= 11 is 4.55. The predicted molar refractivity (Wildman–Crippen MR) is 66.4 cm³/mol. The summed E-state index contributed by atoms with van der Waals surface area (Å²) in [4.78, 5) is 12.3. The van der Waals surface area contributed by atoms with Crippen LogP contribution < -0.4 is 0 Å². The summed E-state index contributed by atoms with van der Waals surface area (Å²) in [5, 5.41) is 0. The van der Waals surface area contributed by atoms with Gasteiger partial charge in [0.05, 0.1) is 8.66 Å². The lowest BCUT2D eigenvalue weighted by Gasteiger charge is -2.01. The number of hydrogen-bond donors (Lipinski definition) is 0. The number of halogens is 3. The molecule has 0 aliphatic rings. The highest BCUT2D eigenvalue weighted by atomic mass is 79.9. The van der Waals surface area contributed by atoms with Gasteiger partial charge < -0.3 is 0 Å². The average molecular weight is 317 g/mol. The predicted octanol–water partition coefficient (Wildman–Crippen LogP) is 4.21. The molecule has 0 aliphatic carbocycles. The molecular formula is C12H7BrF2OS. The van der Waals surface area contributed by atoms with Gasteiger partial charge in [0.2, 0.25) is 0 Å². The highest BCUT2D eigenvalue weighted by molar-refractivity contribution is 9.11. The summed E-state index contributed by atoms with van der Waals surface area (Å²) in [6.45, 7) is 0. The van der Waals surface area contributed by atoms with E-state index in [0.717, 1.165) is 15.9 Å². The molecule has 0 amide bonds. The average Bonchev–Trinajstić information content (AvgIpc) is 2.69. The first-order valence-electron chi connectivity index (χ1n) is 4.79. The zero-order chi connectivity index (χ0) is 12.4. The zero-order valence-corrected chi connectivity index (χ0v) is 10.9. The molecule has 0 bridgehead atoms. The van der Waals surface area contributed by atoms with Crippen LogP contribution in [0, 0.1) is 11.6 Å². The maximum absolute atomic E-state index is 13.3. The Bertz CT molecular complexity index is 565. The molecule has 0 N–H and O–H groups in total. The van der Waals surface area contributed by atoms with Crippen LogP contribution >= 0.6 is 27.3 Å². The summed E-state index contributed by atoms with van der Waals surface area (Å²) in [6.07, 6.45) is -0.0565. The normalized spacial score (nSPS) is 10.5. The summed E-state index contributed by atoms with van der Waals surface area (Å²) in [5.74, 6) is -1.50. The standard InChI is InChI=1S/C12H7BrF2OS/c13-12-4-3-11(17-12)10(16)5-7-1-2-8(14)6-9(7)15/h1-4,6H,5H2. The second kappa shape index (κ2) is 5.06. The van der Waals surface area contributed by atoms with Crippen LogP contribution in [0.2, 0.25) is 0 Å². The lowest BCUT2D eigenvalue weighted by atomic mass is 10.1. The molecule has 0 saturated carbocycles. The smallest absolute Gasteiger partial charge is 0.177 e. The Morgan fingerprint density at radius 1 is 1.24 bits per heavy atom. The van der Waals surface area contributed by atoms with Crippen molar-refractivity contribution in [1.82, 2.24) is 0 Å². The summed E-state index contributed by atoms with van der Waals surface area (Å²) < 4.78 is 26.9. The minimum atomic E-state index is -0.686. The fraction of sp³-hybridized carbons (Fsp3) is 0.0833. The molecule has 0 unspecified atom stereocenters.